The van der Waals surface area contributed by atoms with Gasteiger partial charge in [-0.1, -0.05) is 67.6 Å². The molecule has 2 amide bonds. The van der Waals surface area contributed by atoms with Gasteiger partial charge in [0.05, 0.1) is 17.3 Å². The number of rotatable bonds is 7. The summed E-state index contributed by atoms with van der Waals surface area (Å²) < 4.78 is 5.61. The zero-order valence-electron chi connectivity index (χ0n) is 19.3. The first kappa shape index (κ1) is 22.8. The van der Waals surface area contributed by atoms with Gasteiger partial charge in [0.1, 0.15) is 5.75 Å². The molecule has 0 unspecified atom stereocenters. The Labute approximate surface area is 208 Å². The maximum absolute atomic E-state index is 13.4. The fourth-order valence-electron chi connectivity index (χ4n) is 4.26. The van der Waals surface area contributed by atoms with Crippen molar-refractivity contribution in [2.75, 3.05) is 23.4 Å². The van der Waals surface area contributed by atoms with Gasteiger partial charge in [-0.25, -0.2) is 4.98 Å². The van der Waals surface area contributed by atoms with Crippen LogP contribution in [0.5, 0.6) is 5.75 Å². The number of hydrogen-bond donors (Lipinski definition) is 1. The fraction of sp³-hybridized carbons (Fsp3) is 0.179. The van der Waals surface area contributed by atoms with Crippen LogP contribution < -0.4 is 15.0 Å². The van der Waals surface area contributed by atoms with Crippen LogP contribution in [0.15, 0.2) is 84.2 Å². The molecule has 3 aromatic carbocycles. The number of carbonyl (C=O) groups excluding carboxylic acids is 2. The Morgan fingerprint density at radius 2 is 1.74 bits per heavy atom. The van der Waals surface area contributed by atoms with E-state index < -0.39 is 5.92 Å². The highest BCUT2D eigenvalue weighted by atomic mass is 32.1. The minimum atomic E-state index is -0.445. The molecular weight excluding hydrogens is 458 g/mol. The molecule has 2 heterocycles. The van der Waals surface area contributed by atoms with Crippen molar-refractivity contribution in [3.05, 3.63) is 95.4 Å². The lowest BCUT2D eigenvalue weighted by atomic mass is 9.90. The van der Waals surface area contributed by atoms with E-state index in [2.05, 4.69) is 10.3 Å². The van der Waals surface area contributed by atoms with E-state index in [1.54, 1.807) is 4.90 Å². The van der Waals surface area contributed by atoms with Crippen LogP contribution in [0.25, 0.3) is 11.3 Å². The van der Waals surface area contributed by atoms with Gasteiger partial charge in [0.25, 0.3) is 5.91 Å². The molecule has 0 fully saturated rings. The lowest BCUT2D eigenvalue weighted by Gasteiger charge is -2.29. The molecule has 35 heavy (non-hydrogen) atoms. The van der Waals surface area contributed by atoms with Crippen molar-refractivity contribution in [3.63, 3.8) is 0 Å². The van der Waals surface area contributed by atoms with Crippen molar-refractivity contribution < 1.29 is 14.3 Å². The zero-order chi connectivity index (χ0) is 24.2. The zero-order valence-corrected chi connectivity index (χ0v) is 20.1. The van der Waals surface area contributed by atoms with Gasteiger partial charge in [0, 0.05) is 17.5 Å². The third kappa shape index (κ3) is 4.81. The fourth-order valence-corrected chi connectivity index (χ4v) is 4.98. The van der Waals surface area contributed by atoms with Gasteiger partial charge in [-0.3, -0.25) is 9.59 Å². The third-order valence-electron chi connectivity index (χ3n) is 5.91. The highest BCUT2D eigenvalue weighted by molar-refractivity contribution is 7.14. The van der Waals surface area contributed by atoms with E-state index in [4.69, 9.17) is 4.74 Å². The molecule has 0 radical (unpaired) electrons. The van der Waals surface area contributed by atoms with Crippen LogP contribution in [0.2, 0.25) is 0 Å². The lowest BCUT2D eigenvalue weighted by Crippen LogP contribution is -2.39. The van der Waals surface area contributed by atoms with Gasteiger partial charge < -0.3 is 15.0 Å². The third-order valence-corrected chi connectivity index (χ3v) is 6.66. The predicted octanol–water partition coefficient (Wildman–Crippen LogP) is 5.72. The average molecular weight is 484 g/mol. The van der Waals surface area contributed by atoms with Gasteiger partial charge in [0.15, 0.2) is 11.7 Å². The summed E-state index contributed by atoms with van der Waals surface area (Å²) in [5.41, 5.74) is 4.19. The smallest absolute Gasteiger partial charge is 0.265 e. The largest absolute Gasteiger partial charge is 0.482 e. The molecule has 1 N–H and O–H groups in total. The topological polar surface area (TPSA) is 71.5 Å². The van der Waals surface area contributed by atoms with E-state index in [0.29, 0.717) is 17.4 Å². The molecule has 1 aromatic heterocycles. The maximum Gasteiger partial charge on any atom is 0.265 e. The summed E-state index contributed by atoms with van der Waals surface area (Å²) in [5, 5.41) is 5.44. The second-order valence-corrected chi connectivity index (χ2v) is 9.16. The molecule has 5 rings (SSSR count). The second kappa shape index (κ2) is 10.1. The summed E-state index contributed by atoms with van der Waals surface area (Å²) in [6, 6.07) is 25.2. The molecule has 0 bridgehead atoms. The molecule has 4 aromatic rings. The molecular formula is C28H25N3O3S. The van der Waals surface area contributed by atoms with Crippen LogP contribution in [0.1, 0.15) is 30.4 Å². The van der Waals surface area contributed by atoms with Crippen molar-refractivity contribution >= 4 is 34.0 Å². The van der Waals surface area contributed by atoms with E-state index >= 15 is 0 Å². The molecule has 0 atom stereocenters. The second-order valence-electron chi connectivity index (χ2n) is 8.30. The van der Waals surface area contributed by atoms with Crippen molar-refractivity contribution in [2.24, 2.45) is 0 Å². The number of anilines is 2. The van der Waals surface area contributed by atoms with Crippen molar-refractivity contribution in [2.45, 2.75) is 19.3 Å². The molecule has 1 aliphatic heterocycles. The van der Waals surface area contributed by atoms with Gasteiger partial charge >= 0.3 is 0 Å². The monoisotopic (exact) mass is 483 g/mol. The Morgan fingerprint density at radius 3 is 2.40 bits per heavy atom. The summed E-state index contributed by atoms with van der Waals surface area (Å²) >= 11 is 1.37. The highest BCUT2D eigenvalue weighted by Crippen LogP contribution is 2.37. The van der Waals surface area contributed by atoms with Crippen molar-refractivity contribution in [1.82, 2.24) is 4.98 Å². The standard InChI is InChI=1S/C28H25N3O3S/c1-2-15-31-23-16-21(13-14-24(23)34-17-25(31)32)22-18-35-28(29-22)30-27(33)26(19-9-5-3-6-10-19)20-11-7-4-8-12-20/h3-14,16,18,26H,2,15,17H2,1H3,(H,29,30,33). The lowest BCUT2D eigenvalue weighted by molar-refractivity contribution is -0.121. The van der Waals surface area contributed by atoms with Crippen LogP contribution >= 0.6 is 11.3 Å². The summed E-state index contributed by atoms with van der Waals surface area (Å²) in [6.07, 6.45) is 0.853. The number of carbonyl (C=O) groups is 2. The van der Waals surface area contributed by atoms with Gasteiger partial charge in [0.2, 0.25) is 5.91 Å². The minimum absolute atomic E-state index is 0.0457. The molecule has 7 heteroatoms. The first-order chi connectivity index (χ1) is 17.1. The summed E-state index contributed by atoms with van der Waals surface area (Å²) in [4.78, 5) is 32.2. The number of nitrogens with one attached hydrogen (secondary N) is 1. The Hall–Kier alpha value is -3.97. The maximum atomic E-state index is 13.4. The molecule has 0 saturated heterocycles. The van der Waals surface area contributed by atoms with Crippen LogP contribution in [-0.2, 0) is 9.59 Å². The van der Waals surface area contributed by atoms with Crippen LogP contribution in [0.4, 0.5) is 10.8 Å². The van der Waals surface area contributed by atoms with Crippen molar-refractivity contribution in [1.29, 1.82) is 0 Å². The molecule has 0 spiro atoms. The molecule has 6 nitrogen and oxygen atoms in total. The Balaban J connectivity index is 1.40. The number of aromatic nitrogens is 1. The number of amides is 2. The van der Waals surface area contributed by atoms with E-state index in [1.807, 2.05) is 91.2 Å². The number of fused-ring (bicyclic) bond motifs is 1. The predicted molar refractivity (Wildman–Crippen MR) is 139 cm³/mol. The summed E-state index contributed by atoms with van der Waals surface area (Å²) in [6.45, 7) is 2.74. The number of thiazole rings is 1. The molecule has 176 valence electrons. The highest BCUT2D eigenvalue weighted by Gasteiger charge is 2.26. The van der Waals surface area contributed by atoms with Gasteiger partial charge in [-0.2, -0.15) is 0 Å². The van der Waals surface area contributed by atoms with E-state index in [0.717, 1.165) is 34.5 Å². The number of hydrogen-bond acceptors (Lipinski definition) is 5. The molecule has 0 aliphatic carbocycles. The van der Waals surface area contributed by atoms with E-state index in [1.165, 1.54) is 11.3 Å². The number of nitrogens with zero attached hydrogens (tertiary/aromatic N) is 2. The van der Waals surface area contributed by atoms with Crippen LogP contribution in [-0.4, -0.2) is 29.9 Å². The Bertz CT molecular complexity index is 1300. The van der Waals surface area contributed by atoms with E-state index in [-0.39, 0.29) is 18.4 Å². The molecule has 0 saturated carbocycles. The normalized spacial score (nSPS) is 12.9. The van der Waals surface area contributed by atoms with E-state index in [9.17, 15) is 9.59 Å². The van der Waals surface area contributed by atoms with Crippen LogP contribution in [0, 0.1) is 0 Å². The minimum Gasteiger partial charge on any atom is -0.482 e. The SMILES string of the molecule is CCCN1C(=O)COc2ccc(-c3csc(NC(=O)C(c4ccccc4)c4ccccc4)n3)cc21. The average Bonchev–Trinajstić information content (AvgIpc) is 3.35. The Kier molecular flexibility index (Phi) is 6.59. The number of ether oxygens (including phenoxy) is 1. The summed E-state index contributed by atoms with van der Waals surface area (Å²) in [5.74, 6) is 0.0656. The quantitative estimate of drug-likeness (QED) is 0.365. The Morgan fingerprint density at radius 1 is 1.06 bits per heavy atom. The van der Waals surface area contributed by atoms with Gasteiger partial charge in [-0.15, -0.1) is 11.3 Å². The molecule has 1 aliphatic rings. The van der Waals surface area contributed by atoms with Crippen LogP contribution in [0.3, 0.4) is 0 Å². The number of benzene rings is 3. The summed E-state index contributed by atoms with van der Waals surface area (Å²) in [7, 11) is 0. The first-order valence-corrected chi connectivity index (χ1v) is 12.5. The first-order valence-electron chi connectivity index (χ1n) is 11.6. The van der Waals surface area contributed by atoms with Gasteiger partial charge in [-0.05, 0) is 35.7 Å². The van der Waals surface area contributed by atoms with Crippen molar-refractivity contribution in [3.8, 4) is 17.0 Å².